The number of amides is 1. The molecule has 0 N–H and O–H groups in total. The summed E-state index contributed by atoms with van der Waals surface area (Å²) in [6.07, 6.45) is 0.838. The molecule has 2 aromatic carbocycles. The average molecular weight is 367 g/mol. The van der Waals surface area contributed by atoms with Crippen molar-refractivity contribution in [1.29, 1.82) is 0 Å². The van der Waals surface area contributed by atoms with Crippen LogP contribution in [0.25, 0.3) is 0 Å². The van der Waals surface area contributed by atoms with Crippen molar-refractivity contribution >= 4 is 5.91 Å². The van der Waals surface area contributed by atoms with Gasteiger partial charge in [-0.15, -0.1) is 0 Å². The highest BCUT2D eigenvalue weighted by Crippen LogP contribution is 2.31. The number of nitrogens with zero attached hydrogens (tertiary/aromatic N) is 2. The lowest BCUT2D eigenvalue weighted by Crippen LogP contribution is -2.32. The molecule has 4 nitrogen and oxygen atoms in total. The van der Waals surface area contributed by atoms with E-state index in [1.54, 1.807) is 7.11 Å². The van der Waals surface area contributed by atoms with E-state index in [4.69, 9.17) is 4.74 Å². The summed E-state index contributed by atoms with van der Waals surface area (Å²) in [6, 6.07) is 16.8. The van der Waals surface area contributed by atoms with Crippen molar-refractivity contribution in [3.63, 3.8) is 0 Å². The van der Waals surface area contributed by atoms with E-state index in [1.807, 2.05) is 24.1 Å². The Balaban J connectivity index is 1.75. The summed E-state index contributed by atoms with van der Waals surface area (Å²) in [6.45, 7) is 7.83. The second-order valence-corrected chi connectivity index (χ2v) is 8.35. The highest BCUT2D eigenvalue weighted by Gasteiger charge is 2.36. The van der Waals surface area contributed by atoms with Crippen LogP contribution in [0.4, 0.5) is 0 Å². The van der Waals surface area contributed by atoms with Gasteiger partial charge in [-0.25, -0.2) is 0 Å². The van der Waals surface area contributed by atoms with Gasteiger partial charge < -0.3 is 9.64 Å². The second-order valence-electron chi connectivity index (χ2n) is 8.35. The maximum Gasteiger partial charge on any atom is 0.238 e. The van der Waals surface area contributed by atoms with Crippen molar-refractivity contribution in [1.82, 2.24) is 9.80 Å². The molecule has 4 heteroatoms. The van der Waals surface area contributed by atoms with Gasteiger partial charge >= 0.3 is 0 Å². The molecule has 0 unspecified atom stereocenters. The molecular weight excluding hydrogens is 336 g/mol. The van der Waals surface area contributed by atoms with E-state index in [0.717, 1.165) is 12.2 Å². The molecule has 0 saturated carbocycles. The molecular formula is C23H30N2O2. The minimum atomic E-state index is 0.00441. The normalized spacial score (nSPS) is 18.2. The van der Waals surface area contributed by atoms with Gasteiger partial charge in [-0.3, -0.25) is 9.69 Å². The topological polar surface area (TPSA) is 32.8 Å². The first kappa shape index (κ1) is 19.4. The van der Waals surface area contributed by atoms with Crippen molar-refractivity contribution in [2.24, 2.45) is 0 Å². The molecule has 0 bridgehead atoms. The SMILES string of the molecule is COc1ccc(CCN2C(=O)CN(C)[C@H]2c2ccc(C(C)(C)C)cc2)cc1. The molecule has 0 spiro atoms. The molecule has 0 radical (unpaired) electrons. The lowest BCUT2D eigenvalue weighted by molar-refractivity contribution is -0.128. The minimum Gasteiger partial charge on any atom is -0.497 e. The van der Waals surface area contributed by atoms with Gasteiger partial charge in [0.25, 0.3) is 0 Å². The Kier molecular flexibility index (Phi) is 5.56. The van der Waals surface area contributed by atoms with Gasteiger partial charge in [0.1, 0.15) is 11.9 Å². The standard InChI is InChI=1S/C23H30N2O2/c1-23(2,3)19-10-8-18(9-11-19)22-24(4)16-21(26)25(22)15-14-17-6-12-20(27-5)13-7-17/h6-13,22H,14-16H2,1-5H3/t22-/m1/s1. The van der Waals surface area contributed by atoms with Gasteiger partial charge in [0.2, 0.25) is 5.91 Å². The summed E-state index contributed by atoms with van der Waals surface area (Å²) >= 11 is 0. The van der Waals surface area contributed by atoms with Crippen molar-refractivity contribution in [2.75, 3.05) is 27.2 Å². The maximum absolute atomic E-state index is 12.6. The number of hydrogen-bond donors (Lipinski definition) is 0. The molecule has 1 aliphatic rings. The van der Waals surface area contributed by atoms with E-state index in [-0.39, 0.29) is 17.5 Å². The number of carbonyl (C=O) groups is 1. The lowest BCUT2D eigenvalue weighted by Gasteiger charge is -2.29. The molecule has 2 aromatic rings. The molecule has 0 aliphatic carbocycles. The van der Waals surface area contributed by atoms with Crippen LogP contribution in [-0.2, 0) is 16.6 Å². The fourth-order valence-electron chi connectivity index (χ4n) is 3.64. The molecule has 0 aromatic heterocycles. The van der Waals surface area contributed by atoms with Crippen LogP contribution in [0, 0.1) is 0 Å². The third kappa shape index (κ3) is 4.33. The third-order valence-electron chi connectivity index (χ3n) is 5.29. The third-order valence-corrected chi connectivity index (χ3v) is 5.29. The van der Waals surface area contributed by atoms with Gasteiger partial charge in [-0.05, 0) is 47.7 Å². The number of benzene rings is 2. The predicted molar refractivity (Wildman–Crippen MR) is 109 cm³/mol. The highest BCUT2D eigenvalue weighted by molar-refractivity contribution is 5.81. The van der Waals surface area contributed by atoms with Crippen LogP contribution in [0.1, 0.15) is 43.6 Å². The van der Waals surface area contributed by atoms with E-state index in [0.29, 0.717) is 13.1 Å². The molecule has 1 amide bonds. The Bertz CT molecular complexity index is 776. The zero-order valence-corrected chi connectivity index (χ0v) is 17.0. The van der Waals surface area contributed by atoms with Crippen LogP contribution in [-0.4, -0.2) is 43.0 Å². The molecule has 1 atom stereocenters. The number of rotatable bonds is 5. The largest absolute Gasteiger partial charge is 0.497 e. The van der Waals surface area contributed by atoms with Crippen LogP contribution in [0.2, 0.25) is 0 Å². The second kappa shape index (κ2) is 7.73. The van der Waals surface area contributed by atoms with E-state index < -0.39 is 0 Å². The van der Waals surface area contributed by atoms with Crippen LogP contribution in [0.3, 0.4) is 0 Å². The van der Waals surface area contributed by atoms with Crippen molar-refractivity contribution in [3.8, 4) is 5.75 Å². The maximum atomic E-state index is 12.6. The van der Waals surface area contributed by atoms with Crippen LogP contribution >= 0.6 is 0 Å². The molecule has 1 aliphatic heterocycles. The zero-order valence-electron chi connectivity index (χ0n) is 17.0. The summed E-state index contributed by atoms with van der Waals surface area (Å²) < 4.78 is 5.22. The van der Waals surface area contributed by atoms with Gasteiger partial charge in [0, 0.05) is 6.54 Å². The summed E-state index contributed by atoms with van der Waals surface area (Å²) in [4.78, 5) is 16.7. The van der Waals surface area contributed by atoms with Crippen LogP contribution in [0.5, 0.6) is 5.75 Å². The van der Waals surface area contributed by atoms with Crippen LogP contribution < -0.4 is 4.74 Å². The lowest BCUT2D eigenvalue weighted by atomic mass is 9.86. The Morgan fingerprint density at radius 2 is 1.67 bits per heavy atom. The molecule has 27 heavy (non-hydrogen) atoms. The van der Waals surface area contributed by atoms with E-state index in [2.05, 4.69) is 62.1 Å². The number of likely N-dealkylation sites (N-methyl/N-ethyl adjacent to an activating group) is 1. The smallest absolute Gasteiger partial charge is 0.238 e. The Morgan fingerprint density at radius 1 is 1.04 bits per heavy atom. The zero-order chi connectivity index (χ0) is 19.6. The van der Waals surface area contributed by atoms with E-state index in [1.165, 1.54) is 16.7 Å². The Labute approximate surface area is 162 Å². The van der Waals surface area contributed by atoms with E-state index in [9.17, 15) is 4.79 Å². The van der Waals surface area contributed by atoms with E-state index >= 15 is 0 Å². The van der Waals surface area contributed by atoms with Gasteiger partial charge in [0.05, 0.1) is 13.7 Å². The predicted octanol–water partition coefficient (Wildman–Crippen LogP) is 4.01. The minimum absolute atomic E-state index is 0.00441. The molecule has 3 rings (SSSR count). The quantitative estimate of drug-likeness (QED) is 0.802. The number of methoxy groups -OCH3 is 1. The molecule has 1 fully saturated rings. The van der Waals surface area contributed by atoms with Gasteiger partial charge in [0.15, 0.2) is 0 Å². The highest BCUT2D eigenvalue weighted by atomic mass is 16.5. The van der Waals surface area contributed by atoms with Gasteiger partial charge in [-0.2, -0.15) is 0 Å². The summed E-state index contributed by atoms with van der Waals surface area (Å²) in [7, 11) is 3.69. The van der Waals surface area contributed by atoms with Crippen LogP contribution in [0.15, 0.2) is 48.5 Å². The monoisotopic (exact) mass is 366 g/mol. The van der Waals surface area contributed by atoms with Gasteiger partial charge in [-0.1, -0.05) is 57.2 Å². The number of carbonyl (C=O) groups excluding carboxylic acids is 1. The fourth-order valence-corrected chi connectivity index (χ4v) is 3.64. The first-order valence-electron chi connectivity index (χ1n) is 9.52. The molecule has 144 valence electrons. The summed E-state index contributed by atoms with van der Waals surface area (Å²) in [5.74, 6) is 1.04. The number of ether oxygens (including phenoxy) is 1. The first-order chi connectivity index (χ1) is 12.8. The first-order valence-corrected chi connectivity index (χ1v) is 9.52. The Morgan fingerprint density at radius 3 is 2.22 bits per heavy atom. The molecule has 1 saturated heterocycles. The molecule has 1 heterocycles. The fraction of sp³-hybridized carbons (Fsp3) is 0.435. The van der Waals surface area contributed by atoms with Crippen molar-refractivity contribution in [3.05, 3.63) is 65.2 Å². The summed E-state index contributed by atoms with van der Waals surface area (Å²) in [5, 5.41) is 0. The van der Waals surface area contributed by atoms with Crippen molar-refractivity contribution < 1.29 is 9.53 Å². The average Bonchev–Trinajstić information content (AvgIpc) is 2.93. The summed E-state index contributed by atoms with van der Waals surface area (Å²) in [5.41, 5.74) is 3.82. The Hall–Kier alpha value is -2.33. The van der Waals surface area contributed by atoms with Crippen molar-refractivity contribution in [2.45, 2.75) is 38.8 Å². The number of hydrogen-bond acceptors (Lipinski definition) is 3.